The lowest BCUT2D eigenvalue weighted by atomic mass is 10.0. The van der Waals surface area contributed by atoms with Gasteiger partial charge in [0, 0.05) is 25.7 Å². The highest BCUT2D eigenvalue weighted by Crippen LogP contribution is 2.45. The molecule has 0 spiro atoms. The second-order valence-corrected chi connectivity index (χ2v) is 30.8. The van der Waals surface area contributed by atoms with Gasteiger partial charge in [0.25, 0.3) is 0 Å². The normalized spacial score (nSPS) is 14.2. The van der Waals surface area contributed by atoms with Crippen molar-refractivity contribution in [2.45, 2.75) is 375 Å². The number of esters is 4. The molecule has 0 heterocycles. The summed E-state index contributed by atoms with van der Waals surface area (Å²) in [4.78, 5) is 72.6. The van der Waals surface area contributed by atoms with Crippen molar-refractivity contribution in [3.05, 3.63) is 0 Å². The molecule has 0 rings (SSSR count). The topological polar surface area (TPSA) is 237 Å². The predicted octanol–water partition coefficient (Wildman–Crippen LogP) is 20.5. The molecule has 0 aliphatic rings. The number of hydrogen-bond acceptors (Lipinski definition) is 15. The van der Waals surface area contributed by atoms with E-state index >= 15 is 0 Å². The van der Waals surface area contributed by atoms with Crippen LogP contribution < -0.4 is 0 Å². The van der Waals surface area contributed by atoms with Crippen LogP contribution in [0.3, 0.4) is 0 Å². The van der Waals surface area contributed by atoms with Crippen molar-refractivity contribution in [1.29, 1.82) is 0 Å². The largest absolute Gasteiger partial charge is 0.472 e. The average molecular weight is 1340 g/mol. The Morgan fingerprint density at radius 1 is 0.275 bits per heavy atom. The Kier molecular flexibility index (Phi) is 60.3. The van der Waals surface area contributed by atoms with Crippen molar-refractivity contribution in [1.82, 2.24) is 0 Å². The molecule has 3 N–H and O–H groups in total. The molecule has 0 radical (unpaired) electrons. The molecule has 91 heavy (non-hydrogen) atoms. The molecule has 0 aromatic heterocycles. The molecule has 0 fully saturated rings. The van der Waals surface area contributed by atoms with Gasteiger partial charge in [0.15, 0.2) is 12.2 Å². The summed E-state index contributed by atoms with van der Waals surface area (Å²) >= 11 is 0. The maximum atomic E-state index is 13.0. The number of carbonyl (C=O) groups is 4. The highest BCUT2D eigenvalue weighted by Gasteiger charge is 2.30. The van der Waals surface area contributed by atoms with Gasteiger partial charge in [-0.3, -0.25) is 37.3 Å². The van der Waals surface area contributed by atoms with Gasteiger partial charge in [0.2, 0.25) is 0 Å². The minimum absolute atomic E-state index is 0.103. The molecule has 540 valence electrons. The summed E-state index contributed by atoms with van der Waals surface area (Å²) < 4.78 is 68.3. The minimum atomic E-state index is -4.95. The number of phosphoric ester groups is 2. The van der Waals surface area contributed by atoms with Gasteiger partial charge < -0.3 is 33.8 Å². The van der Waals surface area contributed by atoms with E-state index < -0.39 is 97.5 Å². The smallest absolute Gasteiger partial charge is 0.462 e. The Hall–Kier alpha value is -1.94. The van der Waals surface area contributed by atoms with E-state index in [2.05, 4.69) is 55.4 Å². The lowest BCUT2D eigenvalue weighted by molar-refractivity contribution is -0.161. The Bertz CT molecular complexity index is 1800. The van der Waals surface area contributed by atoms with Crippen LogP contribution in [0.15, 0.2) is 0 Å². The number of aliphatic hydroxyl groups is 1. The highest BCUT2D eigenvalue weighted by molar-refractivity contribution is 7.47. The number of carbonyl (C=O) groups excluding carboxylic acids is 4. The molecular formula is C72H140O17P2. The molecule has 17 nitrogen and oxygen atoms in total. The molecule has 0 aliphatic carbocycles. The third-order valence-electron chi connectivity index (χ3n) is 16.6. The third kappa shape index (κ3) is 66.5. The second-order valence-electron chi connectivity index (χ2n) is 27.9. The first-order valence-corrected chi connectivity index (χ1v) is 40.2. The number of aliphatic hydroxyl groups excluding tert-OH is 1. The predicted molar refractivity (Wildman–Crippen MR) is 367 cm³/mol. The number of phosphoric acid groups is 2. The zero-order valence-electron chi connectivity index (χ0n) is 59.5. The summed E-state index contributed by atoms with van der Waals surface area (Å²) in [5.74, 6) is 0.838. The van der Waals surface area contributed by atoms with Crippen molar-refractivity contribution < 1.29 is 80.2 Å². The van der Waals surface area contributed by atoms with Gasteiger partial charge in [-0.2, -0.15) is 0 Å². The van der Waals surface area contributed by atoms with Gasteiger partial charge in [-0.05, 0) is 49.4 Å². The van der Waals surface area contributed by atoms with E-state index in [0.717, 1.165) is 108 Å². The monoisotopic (exact) mass is 1340 g/mol. The van der Waals surface area contributed by atoms with E-state index in [4.69, 9.17) is 37.0 Å². The fourth-order valence-corrected chi connectivity index (χ4v) is 12.4. The number of unbranched alkanes of at least 4 members (excludes halogenated alkanes) is 35. The van der Waals surface area contributed by atoms with Gasteiger partial charge >= 0.3 is 39.5 Å². The minimum Gasteiger partial charge on any atom is -0.462 e. The standard InChI is InChI=1S/C72H140O17P2/c1-62(2)48-40-32-24-18-14-11-9-10-12-16-21-29-38-46-54-71(76)88-67(59-83-70(75)53-45-37-30-22-26-34-42-50-64(5)6)60-86-90(78,79)84-56-66(73)57-85-91(80,81)87-61-68(89-72(77)55-47-39-31-23-27-35-43-51-65(7)8)58-82-69(74)52-44-36-28-20-17-13-15-19-25-33-41-49-63(3)4/h62-68,73H,9-61H2,1-8H3,(H,78,79)(H,80,81)/t66?,67-,68-/m1/s1. The van der Waals surface area contributed by atoms with Gasteiger partial charge in [-0.15, -0.1) is 0 Å². The first-order chi connectivity index (χ1) is 43.6. The van der Waals surface area contributed by atoms with E-state index in [1.165, 1.54) is 154 Å². The van der Waals surface area contributed by atoms with Crippen LogP contribution in [-0.2, 0) is 65.4 Å². The molecule has 0 saturated heterocycles. The first-order valence-electron chi connectivity index (χ1n) is 37.2. The molecule has 19 heteroatoms. The van der Waals surface area contributed by atoms with Crippen LogP contribution in [0.2, 0.25) is 0 Å². The molecule has 0 aromatic carbocycles. The van der Waals surface area contributed by atoms with Gasteiger partial charge in [0.1, 0.15) is 19.3 Å². The van der Waals surface area contributed by atoms with Crippen molar-refractivity contribution in [2.24, 2.45) is 23.7 Å². The quantitative estimate of drug-likeness (QED) is 0.0222. The summed E-state index contributed by atoms with van der Waals surface area (Å²) in [6.45, 7) is 14.1. The number of hydrogen-bond donors (Lipinski definition) is 3. The van der Waals surface area contributed by atoms with Crippen LogP contribution in [0, 0.1) is 23.7 Å². The first kappa shape index (κ1) is 89.1. The lowest BCUT2D eigenvalue weighted by Gasteiger charge is -2.21. The fraction of sp³-hybridized carbons (Fsp3) is 0.944. The van der Waals surface area contributed by atoms with Crippen molar-refractivity contribution in [2.75, 3.05) is 39.6 Å². The Morgan fingerprint density at radius 2 is 0.462 bits per heavy atom. The summed E-state index contributed by atoms with van der Waals surface area (Å²) in [5.41, 5.74) is 0. The molecule has 0 aliphatic heterocycles. The van der Waals surface area contributed by atoms with E-state index in [1.54, 1.807) is 0 Å². The van der Waals surface area contributed by atoms with E-state index in [9.17, 15) is 43.2 Å². The van der Waals surface area contributed by atoms with E-state index in [1.807, 2.05) is 0 Å². The molecule has 0 aromatic rings. The zero-order chi connectivity index (χ0) is 67.5. The molecule has 0 saturated carbocycles. The second kappa shape index (κ2) is 61.6. The van der Waals surface area contributed by atoms with E-state index in [0.29, 0.717) is 37.5 Å². The summed E-state index contributed by atoms with van der Waals surface area (Å²) in [6, 6.07) is 0. The summed E-state index contributed by atoms with van der Waals surface area (Å²) in [6.07, 6.45) is 44.6. The average Bonchev–Trinajstić information content (AvgIpc) is 3.60. The third-order valence-corrected chi connectivity index (χ3v) is 18.5. The van der Waals surface area contributed by atoms with Crippen LogP contribution in [0.25, 0.3) is 0 Å². The zero-order valence-corrected chi connectivity index (χ0v) is 61.3. The van der Waals surface area contributed by atoms with E-state index in [-0.39, 0.29) is 25.7 Å². The molecule has 5 atom stereocenters. The molecule has 0 bridgehead atoms. The Morgan fingerprint density at radius 3 is 0.681 bits per heavy atom. The van der Waals surface area contributed by atoms with Gasteiger partial charge in [-0.25, -0.2) is 9.13 Å². The van der Waals surface area contributed by atoms with Crippen molar-refractivity contribution >= 4 is 39.5 Å². The lowest BCUT2D eigenvalue weighted by Crippen LogP contribution is -2.30. The van der Waals surface area contributed by atoms with Crippen LogP contribution >= 0.6 is 15.6 Å². The summed E-state index contributed by atoms with van der Waals surface area (Å²) in [5, 5.41) is 10.6. The highest BCUT2D eigenvalue weighted by atomic mass is 31.2. The molecule has 0 amide bonds. The maximum Gasteiger partial charge on any atom is 0.472 e. The van der Waals surface area contributed by atoms with Gasteiger partial charge in [0.05, 0.1) is 26.4 Å². The fourth-order valence-electron chi connectivity index (χ4n) is 10.8. The van der Waals surface area contributed by atoms with Crippen LogP contribution in [-0.4, -0.2) is 96.7 Å². The Labute approximate surface area is 556 Å². The van der Waals surface area contributed by atoms with Crippen LogP contribution in [0.5, 0.6) is 0 Å². The number of ether oxygens (including phenoxy) is 4. The SMILES string of the molecule is CC(C)CCCCCCCCCCCCCCCCC(=O)O[C@H](COC(=O)CCCCCCCCCC(C)C)COP(=O)(O)OCC(O)COP(=O)(O)OC[C@@H](COC(=O)CCCCCCCCCCCCCC(C)C)OC(=O)CCCCCCCCCC(C)C. The Balaban J connectivity index is 5.22. The van der Waals surface area contributed by atoms with Crippen LogP contribution in [0.1, 0.15) is 357 Å². The maximum absolute atomic E-state index is 13.0. The van der Waals surface area contributed by atoms with Crippen molar-refractivity contribution in [3.8, 4) is 0 Å². The van der Waals surface area contributed by atoms with Gasteiger partial charge in [-0.1, -0.05) is 306 Å². The van der Waals surface area contributed by atoms with Crippen LogP contribution in [0.4, 0.5) is 0 Å². The van der Waals surface area contributed by atoms with Crippen molar-refractivity contribution in [3.63, 3.8) is 0 Å². The number of rotatable bonds is 69. The molecular weight excluding hydrogens is 1200 g/mol. The molecule has 3 unspecified atom stereocenters. The summed E-state index contributed by atoms with van der Waals surface area (Å²) in [7, 11) is -9.90.